The van der Waals surface area contributed by atoms with Crippen LogP contribution in [0.25, 0.3) is 0 Å². The number of phosphoric acid groups is 2. The van der Waals surface area contributed by atoms with Crippen LogP contribution in [0.3, 0.4) is 0 Å². The van der Waals surface area contributed by atoms with E-state index >= 15 is 0 Å². The molecule has 5 atom stereocenters. The van der Waals surface area contributed by atoms with Crippen LogP contribution in [0, 0.1) is 11.8 Å². The standard InChI is InChI=1S/C82H160O17P2/c1-7-9-11-13-15-17-19-27-36-42-48-54-60-66-81(86)98-77(70-92-79(84)64-58-52-46-40-34-20-18-16-14-12-10-8-2)72-96-100(88,89)94-68-76(83)69-95-101(90,91)97-73-78(71-93-80(85)65-59-53-47-41-35-30-26-25-29-33-39-45-51-57-63-75(5)6)99-82(87)67-61-55-49-43-37-31-24-22-21-23-28-32-38-44-50-56-62-74(3)4/h74-78,83H,7-73H2,1-6H3,(H,88,89)(H,90,91)/t76-,77+,78+/m0/s1. The number of unbranched alkanes of at least 4 members (excludes halogenated alkanes) is 51. The van der Waals surface area contributed by atoms with Crippen molar-refractivity contribution in [1.82, 2.24) is 0 Å². The zero-order valence-electron chi connectivity index (χ0n) is 66.2. The van der Waals surface area contributed by atoms with Crippen LogP contribution in [0.15, 0.2) is 0 Å². The molecule has 600 valence electrons. The molecule has 0 rings (SSSR count). The molecule has 0 aliphatic carbocycles. The van der Waals surface area contributed by atoms with E-state index in [0.29, 0.717) is 25.7 Å². The van der Waals surface area contributed by atoms with Crippen molar-refractivity contribution in [2.75, 3.05) is 39.6 Å². The van der Waals surface area contributed by atoms with Crippen LogP contribution >= 0.6 is 15.6 Å². The van der Waals surface area contributed by atoms with Crippen molar-refractivity contribution < 1.29 is 80.2 Å². The van der Waals surface area contributed by atoms with Crippen LogP contribution in [-0.4, -0.2) is 96.7 Å². The van der Waals surface area contributed by atoms with Gasteiger partial charge in [-0.15, -0.1) is 0 Å². The molecule has 0 saturated heterocycles. The number of aliphatic hydroxyl groups is 1. The van der Waals surface area contributed by atoms with E-state index in [4.69, 9.17) is 37.0 Å². The lowest BCUT2D eigenvalue weighted by atomic mass is 10.0. The maximum Gasteiger partial charge on any atom is 0.472 e. The second kappa shape index (κ2) is 73.6. The van der Waals surface area contributed by atoms with Gasteiger partial charge in [-0.3, -0.25) is 37.3 Å². The van der Waals surface area contributed by atoms with Gasteiger partial charge in [-0.2, -0.15) is 0 Å². The van der Waals surface area contributed by atoms with Gasteiger partial charge in [0.05, 0.1) is 26.4 Å². The Kier molecular flexibility index (Phi) is 72.2. The summed E-state index contributed by atoms with van der Waals surface area (Å²) in [5.41, 5.74) is 0. The van der Waals surface area contributed by atoms with Crippen molar-refractivity contribution in [3.63, 3.8) is 0 Å². The third-order valence-electron chi connectivity index (χ3n) is 19.2. The summed E-state index contributed by atoms with van der Waals surface area (Å²) in [6.45, 7) is 9.70. The Balaban J connectivity index is 5.25. The first-order valence-electron chi connectivity index (χ1n) is 42.5. The van der Waals surface area contributed by atoms with E-state index in [-0.39, 0.29) is 25.7 Å². The van der Waals surface area contributed by atoms with Crippen molar-refractivity contribution in [3.05, 3.63) is 0 Å². The van der Waals surface area contributed by atoms with E-state index in [0.717, 1.165) is 102 Å². The van der Waals surface area contributed by atoms with Gasteiger partial charge in [0.2, 0.25) is 0 Å². The molecule has 0 heterocycles. The lowest BCUT2D eigenvalue weighted by molar-refractivity contribution is -0.161. The molecule has 0 aliphatic heterocycles. The molecule has 3 N–H and O–H groups in total. The normalized spacial score (nSPS) is 13.9. The zero-order valence-corrected chi connectivity index (χ0v) is 68.0. The molecule has 2 unspecified atom stereocenters. The summed E-state index contributed by atoms with van der Waals surface area (Å²) in [5, 5.41) is 10.7. The van der Waals surface area contributed by atoms with Gasteiger partial charge in [0.15, 0.2) is 12.2 Å². The van der Waals surface area contributed by atoms with E-state index < -0.39 is 97.5 Å². The Hall–Kier alpha value is -1.94. The topological polar surface area (TPSA) is 237 Å². The maximum atomic E-state index is 13.1. The molecular formula is C82H160O17P2. The predicted molar refractivity (Wildman–Crippen MR) is 414 cm³/mol. The summed E-state index contributed by atoms with van der Waals surface area (Å²) < 4.78 is 68.8. The van der Waals surface area contributed by atoms with E-state index in [1.54, 1.807) is 0 Å². The van der Waals surface area contributed by atoms with Crippen LogP contribution in [0.2, 0.25) is 0 Å². The molecular weight excluding hydrogens is 1320 g/mol. The van der Waals surface area contributed by atoms with E-state index in [1.807, 2.05) is 0 Å². The molecule has 0 aromatic rings. The van der Waals surface area contributed by atoms with Crippen LogP contribution in [0.5, 0.6) is 0 Å². The number of rotatable bonds is 81. The fraction of sp³-hybridized carbons (Fsp3) is 0.951. The third kappa shape index (κ3) is 76.1. The number of aliphatic hydroxyl groups excluding tert-OH is 1. The van der Waals surface area contributed by atoms with Gasteiger partial charge in [0.25, 0.3) is 0 Å². The Morgan fingerprint density at radius 3 is 0.673 bits per heavy atom. The molecule has 0 bridgehead atoms. The van der Waals surface area contributed by atoms with Crippen LogP contribution < -0.4 is 0 Å². The van der Waals surface area contributed by atoms with Crippen molar-refractivity contribution in [1.29, 1.82) is 0 Å². The minimum atomic E-state index is -4.96. The fourth-order valence-electron chi connectivity index (χ4n) is 12.7. The van der Waals surface area contributed by atoms with Gasteiger partial charge in [0.1, 0.15) is 19.3 Å². The molecule has 17 nitrogen and oxygen atoms in total. The highest BCUT2D eigenvalue weighted by Crippen LogP contribution is 2.45. The van der Waals surface area contributed by atoms with Gasteiger partial charge >= 0.3 is 39.5 Å². The summed E-state index contributed by atoms with van der Waals surface area (Å²) >= 11 is 0. The number of hydrogen-bond acceptors (Lipinski definition) is 15. The molecule has 0 spiro atoms. The summed E-state index contributed by atoms with van der Waals surface area (Å²) in [6, 6.07) is 0. The zero-order chi connectivity index (χ0) is 74.2. The van der Waals surface area contributed by atoms with Crippen LogP contribution in [0.4, 0.5) is 0 Å². The van der Waals surface area contributed by atoms with Crippen molar-refractivity contribution >= 4 is 39.5 Å². The minimum absolute atomic E-state index is 0.108. The number of carbonyl (C=O) groups excluding carboxylic acids is 4. The summed E-state index contributed by atoms with van der Waals surface area (Å²) in [5.74, 6) is -0.496. The van der Waals surface area contributed by atoms with Crippen LogP contribution in [0.1, 0.15) is 433 Å². The first-order chi connectivity index (χ1) is 48.9. The molecule has 19 heteroatoms. The lowest BCUT2D eigenvalue weighted by Gasteiger charge is -2.21. The fourth-order valence-corrected chi connectivity index (χ4v) is 14.3. The molecule has 0 fully saturated rings. The van der Waals surface area contributed by atoms with Gasteiger partial charge < -0.3 is 33.8 Å². The summed E-state index contributed by atoms with van der Waals surface area (Å²) in [4.78, 5) is 73.1. The molecule has 101 heavy (non-hydrogen) atoms. The number of phosphoric ester groups is 2. The number of esters is 4. The highest BCUT2D eigenvalue weighted by molar-refractivity contribution is 7.47. The first-order valence-corrected chi connectivity index (χ1v) is 45.5. The average molecular weight is 1480 g/mol. The molecule has 0 radical (unpaired) electrons. The molecule has 0 saturated carbocycles. The number of hydrogen-bond donors (Lipinski definition) is 3. The molecule has 0 aromatic carbocycles. The Morgan fingerprint density at radius 2 is 0.455 bits per heavy atom. The molecule has 0 amide bonds. The van der Waals surface area contributed by atoms with Gasteiger partial charge in [-0.1, -0.05) is 382 Å². The number of ether oxygens (including phenoxy) is 4. The SMILES string of the molecule is CCCCCCCCCCCCCCCC(=O)O[C@H](COC(=O)CCCCCCCCCCCCCC)COP(=O)(O)OC[C@H](O)COP(=O)(O)OC[C@@H](COC(=O)CCCCCCCCCCCCCCCCC(C)C)OC(=O)CCCCCCCCCCCCCCCCCCC(C)C. The third-order valence-corrected chi connectivity index (χ3v) is 21.1. The second-order valence-electron chi connectivity index (χ2n) is 30.5. The number of carbonyl (C=O) groups is 4. The van der Waals surface area contributed by atoms with Crippen molar-refractivity contribution in [2.45, 2.75) is 452 Å². The second-order valence-corrected chi connectivity index (χ2v) is 33.4. The smallest absolute Gasteiger partial charge is 0.462 e. The maximum absolute atomic E-state index is 13.1. The highest BCUT2D eigenvalue weighted by atomic mass is 31.2. The van der Waals surface area contributed by atoms with Crippen molar-refractivity contribution in [2.24, 2.45) is 11.8 Å². The average Bonchev–Trinajstić information content (AvgIpc) is 1.02. The van der Waals surface area contributed by atoms with Crippen LogP contribution in [-0.2, 0) is 65.4 Å². The quantitative estimate of drug-likeness (QED) is 0.0222. The predicted octanol–water partition coefficient (Wildman–Crippen LogP) is 24.7. The highest BCUT2D eigenvalue weighted by Gasteiger charge is 2.30. The van der Waals surface area contributed by atoms with E-state index in [2.05, 4.69) is 41.5 Å². The molecule has 0 aliphatic rings. The Bertz CT molecular complexity index is 1940. The van der Waals surface area contributed by atoms with Gasteiger partial charge in [-0.05, 0) is 37.5 Å². The van der Waals surface area contributed by atoms with Crippen molar-refractivity contribution in [3.8, 4) is 0 Å². The van der Waals surface area contributed by atoms with E-state index in [9.17, 15) is 43.2 Å². The summed E-state index contributed by atoms with van der Waals surface area (Å²) in [7, 11) is -9.92. The Labute approximate surface area is 619 Å². The van der Waals surface area contributed by atoms with Gasteiger partial charge in [-0.25, -0.2) is 9.13 Å². The summed E-state index contributed by atoms with van der Waals surface area (Å²) in [6.07, 6.45) is 63.6. The molecule has 0 aromatic heterocycles. The first kappa shape index (κ1) is 99.1. The lowest BCUT2D eigenvalue weighted by Crippen LogP contribution is -2.30. The largest absolute Gasteiger partial charge is 0.472 e. The van der Waals surface area contributed by atoms with Gasteiger partial charge in [0, 0.05) is 25.7 Å². The monoisotopic (exact) mass is 1480 g/mol. The van der Waals surface area contributed by atoms with E-state index in [1.165, 1.54) is 250 Å². The Morgan fingerprint density at radius 1 is 0.267 bits per heavy atom. The minimum Gasteiger partial charge on any atom is -0.462 e.